The van der Waals surface area contributed by atoms with Crippen molar-refractivity contribution in [1.29, 1.82) is 0 Å². The Bertz CT molecular complexity index is 876. The summed E-state index contributed by atoms with van der Waals surface area (Å²) in [5, 5.41) is 0. The molecule has 1 amide bonds. The SMILES string of the molecule is Cc1ccc(-c2nc3ccc(C)cn3c2CCC(=O)N(C)C)cc1. The van der Waals surface area contributed by atoms with E-state index in [-0.39, 0.29) is 5.91 Å². The molecule has 0 radical (unpaired) electrons. The molecule has 3 rings (SSSR count). The second-order valence-electron chi connectivity index (χ2n) is 6.50. The molecule has 0 aliphatic rings. The van der Waals surface area contributed by atoms with Gasteiger partial charge in [0.05, 0.1) is 11.4 Å². The summed E-state index contributed by atoms with van der Waals surface area (Å²) in [5.41, 5.74) is 6.47. The molecule has 4 nitrogen and oxygen atoms in total. The van der Waals surface area contributed by atoms with Gasteiger partial charge in [-0.05, 0) is 31.9 Å². The number of amides is 1. The molecule has 0 bridgehead atoms. The van der Waals surface area contributed by atoms with Crippen molar-refractivity contribution in [3.8, 4) is 11.3 Å². The highest BCUT2D eigenvalue weighted by molar-refractivity contribution is 5.76. The van der Waals surface area contributed by atoms with Crippen molar-refractivity contribution >= 4 is 11.6 Å². The van der Waals surface area contributed by atoms with E-state index in [1.54, 1.807) is 19.0 Å². The van der Waals surface area contributed by atoms with Gasteiger partial charge in [0.2, 0.25) is 5.91 Å². The van der Waals surface area contributed by atoms with Crippen molar-refractivity contribution in [1.82, 2.24) is 14.3 Å². The van der Waals surface area contributed by atoms with Crippen molar-refractivity contribution < 1.29 is 4.79 Å². The monoisotopic (exact) mass is 321 g/mol. The topological polar surface area (TPSA) is 37.6 Å². The second-order valence-corrected chi connectivity index (χ2v) is 6.50. The minimum atomic E-state index is 0.132. The fraction of sp³-hybridized carbons (Fsp3) is 0.300. The molecule has 0 spiro atoms. The number of carbonyl (C=O) groups excluding carboxylic acids is 1. The van der Waals surface area contributed by atoms with Gasteiger partial charge in [0.1, 0.15) is 5.65 Å². The van der Waals surface area contributed by atoms with Gasteiger partial charge in [0, 0.05) is 32.3 Å². The molecule has 0 aliphatic carbocycles. The predicted molar refractivity (Wildman–Crippen MR) is 97.1 cm³/mol. The van der Waals surface area contributed by atoms with E-state index >= 15 is 0 Å². The van der Waals surface area contributed by atoms with Gasteiger partial charge >= 0.3 is 0 Å². The van der Waals surface area contributed by atoms with E-state index in [9.17, 15) is 4.79 Å². The maximum Gasteiger partial charge on any atom is 0.222 e. The van der Waals surface area contributed by atoms with E-state index in [0.29, 0.717) is 12.8 Å². The van der Waals surface area contributed by atoms with Crippen LogP contribution in [0.1, 0.15) is 23.2 Å². The zero-order chi connectivity index (χ0) is 17.3. The van der Waals surface area contributed by atoms with Crippen LogP contribution in [0.2, 0.25) is 0 Å². The quantitative estimate of drug-likeness (QED) is 0.736. The Morgan fingerprint density at radius 3 is 2.38 bits per heavy atom. The number of hydrogen-bond donors (Lipinski definition) is 0. The normalized spacial score (nSPS) is 11.0. The minimum Gasteiger partial charge on any atom is -0.349 e. The minimum absolute atomic E-state index is 0.132. The Morgan fingerprint density at radius 2 is 1.71 bits per heavy atom. The summed E-state index contributed by atoms with van der Waals surface area (Å²) in [7, 11) is 3.59. The zero-order valence-electron chi connectivity index (χ0n) is 14.7. The number of aromatic nitrogens is 2. The first-order chi connectivity index (χ1) is 11.5. The van der Waals surface area contributed by atoms with Gasteiger partial charge in [-0.25, -0.2) is 4.98 Å². The highest BCUT2D eigenvalue weighted by Crippen LogP contribution is 2.26. The summed E-state index contributed by atoms with van der Waals surface area (Å²) in [5.74, 6) is 0.132. The van der Waals surface area contributed by atoms with Crippen LogP contribution in [0.15, 0.2) is 42.6 Å². The lowest BCUT2D eigenvalue weighted by molar-refractivity contribution is -0.128. The second kappa shape index (κ2) is 6.48. The summed E-state index contributed by atoms with van der Waals surface area (Å²) < 4.78 is 2.12. The number of nitrogens with zero attached hydrogens (tertiary/aromatic N) is 3. The molecule has 0 aliphatic heterocycles. The van der Waals surface area contributed by atoms with E-state index in [1.807, 2.05) is 6.07 Å². The molecule has 3 aromatic rings. The van der Waals surface area contributed by atoms with Gasteiger partial charge < -0.3 is 9.30 Å². The van der Waals surface area contributed by atoms with Gasteiger partial charge in [0.15, 0.2) is 0 Å². The number of carbonyl (C=O) groups is 1. The fourth-order valence-corrected chi connectivity index (χ4v) is 2.83. The van der Waals surface area contributed by atoms with Crippen LogP contribution in [-0.4, -0.2) is 34.3 Å². The van der Waals surface area contributed by atoms with E-state index in [2.05, 4.69) is 54.8 Å². The maximum absolute atomic E-state index is 12.0. The number of benzene rings is 1. The first kappa shape index (κ1) is 16.2. The van der Waals surface area contributed by atoms with Crippen LogP contribution in [-0.2, 0) is 11.2 Å². The Kier molecular flexibility index (Phi) is 4.38. The molecular formula is C20H23N3O. The zero-order valence-corrected chi connectivity index (χ0v) is 14.7. The smallest absolute Gasteiger partial charge is 0.222 e. The Morgan fingerprint density at radius 1 is 1.04 bits per heavy atom. The van der Waals surface area contributed by atoms with E-state index in [4.69, 9.17) is 4.98 Å². The molecule has 2 aromatic heterocycles. The summed E-state index contributed by atoms with van der Waals surface area (Å²) in [6, 6.07) is 12.5. The van der Waals surface area contributed by atoms with Gasteiger partial charge in [-0.15, -0.1) is 0 Å². The first-order valence-electron chi connectivity index (χ1n) is 8.20. The molecule has 0 saturated carbocycles. The molecule has 4 heteroatoms. The van der Waals surface area contributed by atoms with Crippen LogP contribution < -0.4 is 0 Å². The summed E-state index contributed by atoms with van der Waals surface area (Å²) in [6.45, 7) is 4.15. The standard InChI is InChI=1S/C20H23N3O/c1-14-5-8-16(9-6-14)20-17(10-12-19(24)22(3)4)23-13-15(2)7-11-18(23)21-20/h5-9,11,13H,10,12H2,1-4H3. The van der Waals surface area contributed by atoms with Gasteiger partial charge in [-0.2, -0.15) is 0 Å². The molecule has 2 heterocycles. The molecule has 0 atom stereocenters. The lowest BCUT2D eigenvalue weighted by Gasteiger charge is -2.11. The van der Waals surface area contributed by atoms with Crippen LogP contribution in [0.4, 0.5) is 0 Å². The van der Waals surface area contributed by atoms with Crippen LogP contribution >= 0.6 is 0 Å². The number of aryl methyl sites for hydroxylation is 3. The average Bonchev–Trinajstić information content (AvgIpc) is 2.91. The van der Waals surface area contributed by atoms with E-state index in [0.717, 1.165) is 22.6 Å². The summed E-state index contributed by atoms with van der Waals surface area (Å²) >= 11 is 0. The Hall–Kier alpha value is -2.62. The number of fused-ring (bicyclic) bond motifs is 1. The van der Waals surface area contributed by atoms with Crippen molar-refractivity contribution in [2.24, 2.45) is 0 Å². The van der Waals surface area contributed by atoms with Crippen molar-refractivity contribution in [3.63, 3.8) is 0 Å². The summed E-state index contributed by atoms with van der Waals surface area (Å²) in [6.07, 6.45) is 3.24. The first-order valence-corrected chi connectivity index (χ1v) is 8.20. The highest BCUT2D eigenvalue weighted by Gasteiger charge is 2.16. The lowest BCUT2D eigenvalue weighted by atomic mass is 10.1. The third-order valence-corrected chi connectivity index (χ3v) is 4.26. The maximum atomic E-state index is 12.0. The lowest BCUT2D eigenvalue weighted by Crippen LogP contribution is -2.22. The van der Waals surface area contributed by atoms with Crippen molar-refractivity contribution in [3.05, 3.63) is 59.4 Å². The molecule has 0 unspecified atom stereocenters. The Labute approximate surface area is 142 Å². The van der Waals surface area contributed by atoms with Gasteiger partial charge in [0.25, 0.3) is 0 Å². The van der Waals surface area contributed by atoms with Crippen LogP contribution in [0, 0.1) is 13.8 Å². The molecule has 0 fully saturated rings. The number of pyridine rings is 1. The molecule has 24 heavy (non-hydrogen) atoms. The van der Waals surface area contributed by atoms with Crippen molar-refractivity contribution in [2.45, 2.75) is 26.7 Å². The molecule has 0 N–H and O–H groups in total. The highest BCUT2D eigenvalue weighted by atomic mass is 16.2. The van der Waals surface area contributed by atoms with Crippen LogP contribution in [0.3, 0.4) is 0 Å². The largest absolute Gasteiger partial charge is 0.349 e. The van der Waals surface area contributed by atoms with E-state index in [1.165, 1.54) is 11.1 Å². The predicted octanol–water partition coefficient (Wildman–Crippen LogP) is 3.64. The van der Waals surface area contributed by atoms with Crippen LogP contribution in [0.25, 0.3) is 16.9 Å². The van der Waals surface area contributed by atoms with Gasteiger partial charge in [-0.3, -0.25) is 4.79 Å². The number of imidazole rings is 1. The number of rotatable bonds is 4. The number of hydrogen-bond acceptors (Lipinski definition) is 2. The van der Waals surface area contributed by atoms with Gasteiger partial charge in [-0.1, -0.05) is 35.9 Å². The molecule has 1 aromatic carbocycles. The summed E-state index contributed by atoms with van der Waals surface area (Å²) in [4.78, 5) is 18.5. The average molecular weight is 321 g/mol. The van der Waals surface area contributed by atoms with Crippen LogP contribution in [0.5, 0.6) is 0 Å². The third kappa shape index (κ3) is 3.18. The van der Waals surface area contributed by atoms with Crippen molar-refractivity contribution in [2.75, 3.05) is 14.1 Å². The van der Waals surface area contributed by atoms with E-state index < -0.39 is 0 Å². The molecular weight excluding hydrogens is 298 g/mol. The molecule has 0 saturated heterocycles. The third-order valence-electron chi connectivity index (χ3n) is 4.26. The fourth-order valence-electron chi connectivity index (χ4n) is 2.83. The Balaban J connectivity index is 2.08. The molecule has 124 valence electrons.